The molecular formula is C30H29ClFNO3. The molecule has 1 unspecified atom stereocenters. The van der Waals surface area contributed by atoms with Crippen LogP contribution >= 0.6 is 12.4 Å². The maximum absolute atomic E-state index is 14.3. The van der Waals surface area contributed by atoms with Gasteiger partial charge in [-0.2, -0.15) is 0 Å². The van der Waals surface area contributed by atoms with Crippen molar-refractivity contribution in [3.8, 4) is 5.75 Å². The molecule has 2 N–H and O–H groups in total. The van der Waals surface area contributed by atoms with Gasteiger partial charge in [0.1, 0.15) is 17.7 Å². The number of carbonyl (C=O) groups is 1. The van der Waals surface area contributed by atoms with E-state index in [0.717, 1.165) is 39.8 Å². The highest BCUT2D eigenvalue weighted by Crippen LogP contribution is 2.41. The summed E-state index contributed by atoms with van der Waals surface area (Å²) in [6.45, 7) is 4.50. The number of carboxylic acids is 1. The number of rotatable bonds is 6. The molecule has 186 valence electrons. The van der Waals surface area contributed by atoms with E-state index in [9.17, 15) is 14.3 Å². The molecule has 0 saturated heterocycles. The third-order valence-corrected chi connectivity index (χ3v) is 7.00. The minimum Gasteiger partial charge on any atom is -0.489 e. The summed E-state index contributed by atoms with van der Waals surface area (Å²) in [5.41, 5.74) is 4.17. The number of aromatic carboxylic acids is 1. The highest BCUT2D eigenvalue weighted by Gasteiger charge is 2.30. The van der Waals surface area contributed by atoms with E-state index >= 15 is 0 Å². The van der Waals surface area contributed by atoms with Crippen LogP contribution in [0.3, 0.4) is 0 Å². The predicted molar refractivity (Wildman–Crippen MR) is 143 cm³/mol. The van der Waals surface area contributed by atoms with Gasteiger partial charge in [-0.1, -0.05) is 60.7 Å². The van der Waals surface area contributed by atoms with Crippen LogP contribution in [0.2, 0.25) is 0 Å². The molecule has 0 aliphatic carbocycles. The summed E-state index contributed by atoms with van der Waals surface area (Å²) in [7, 11) is 0. The van der Waals surface area contributed by atoms with E-state index in [4.69, 9.17) is 4.74 Å². The second-order valence-corrected chi connectivity index (χ2v) is 9.26. The topological polar surface area (TPSA) is 58.6 Å². The number of ether oxygens (including phenoxy) is 1. The number of benzene rings is 4. The van der Waals surface area contributed by atoms with E-state index in [1.165, 1.54) is 6.07 Å². The van der Waals surface area contributed by atoms with Crippen LogP contribution in [-0.2, 0) is 0 Å². The van der Waals surface area contributed by atoms with E-state index < -0.39 is 5.97 Å². The molecule has 6 heteroatoms. The van der Waals surface area contributed by atoms with Crippen molar-refractivity contribution < 1.29 is 19.0 Å². The Labute approximate surface area is 216 Å². The zero-order valence-corrected chi connectivity index (χ0v) is 21.0. The summed E-state index contributed by atoms with van der Waals surface area (Å²) in [6, 6.07) is 24.6. The standard InChI is InChI=1S/C30H28FNO3.ClH/c1-18-11-12-20(15-26(18)30(33)34)27-16-21(35-29-10-6-5-9-25(27)29)17-32-19(2)22-13-14-28(31)24-8-4-3-7-23(22)24;/h3-15,19,21,27,32H,16-17H2,1-2H3,(H,33,34);1H/t19?,21-,27-;/m1./s1. The number of hydrogen-bond donors (Lipinski definition) is 2. The van der Waals surface area contributed by atoms with Gasteiger partial charge in [0.2, 0.25) is 0 Å². The Morgan fingerprint density at radius 3 is 2.56 bits per heavy atom. The fourth-order valence-corrected chi connectivity index (χ4v) is 5.10. The third-order valence-electron chi connectivity index (χ3n) is 7.00. The fourth-order valence-electron chi connectivity index (χ4n) is 5.10. The minimum atomic E-state index is -0.914. The monoisotopic (exact) mass is 505 g/mol. The number of nitrogens with one attached hydrogen (secondary N) is 1. The normalized spacial score (nSPS) is 17.5. The number of carboxylic acid groups (broad SMARTS) is 1. The van der Waals surface area contributed by atoms with Crippen LogP contribution in [0.5, 0.6) is 5.75 Å². The van der Waals surface area contributed by atoms with Crippen LogP contribution in [0, 0.1) is 12.7 Å². The molecule has 1 heterocycles. The Morgan fingerprint density at radius 2 is 1.78 bits per heavy atom. The second kappa shape index (κ2) is 10.7. The van der Waals surface area contributed by atoms with Crippen molar-refractivity contribution in [2.75, 3.05) is 6.54 Å². The molecule has 1 aliphatic heterocycles. The van der Waals surface area contributed by atoms with Gasteiger partial charge in [-0.3, -0.25) is 0 Å². The summed E-state index contributed by atoms with van der Waals surface area (Å²) >= 11 is 0. The lowest BCUT2D eigenvalue weighted by atomic mass is 9.83. The number of halogens is 2. The van der Waals surface area contributed by atoms with Gasteiger partial charge in [0.15, 0.2) is 0 Å². The Balaban J connectivity index is 0.00000304. The van der Waals surface area contributed by atoms with E-state index in [2.05, 4.69) is 18.3 Å². The molecule has 4 aromatic rings. The van der Waals surface area contributed by atoms with Crippen molar-refractivity contribution in [2.24, 2.45) is 0 Å². The van der Waals surface area contributed by atoms with Crippen molar-refractivity contribution in [2.45, 2.75) is 38.3 Å². The molecule has 0 saturated carbocycles. The average Bonchev–Trinajstić information content (AvgIpc) is 2.87. The first-order valence-electron chi connectivity index (χ1n) is 11.9. The first-order valence-corrected chi connectivity index (χ1v) is 11.9. The molecule has 5 rings (SSSR count). The van der Waals surface area contributed by atoms with Crippen LogP contribution in [0.4, 0.5) is 4.39 Å². The molecule has 0 bridgehead atoms. The number of aryl methyl sites for hydroxylation is 1. The molecule has 0 amide bonds. The highest BCUT2D eigenvalue weighted by molar-refractivity contribution is 5.89. The molecule has 3 atom stereocenters. The molecule has 0 fully saturated rings. The molecular weight excluding hydrogens is 477 g/mol. The summed E-state index contributed by atoms with van der Waals surface area (Å²) in [6.07, 6.45) is 0.627. The van der Waals surface area contributed by atoms with Crippen LogP contribution in [0.1, 0.15) is 57.9 Å². The van der Waals surface area contributed by atoms with Gasteiger partial charge >= 0.3 is 5.97 Å². The van der Waals surface area contributed by atoms with Crippen molar-refractivity contribution in [1.29, 1.82) is 0 Å². The summed E-state index contributed by atoms with van der Waals surface area (Å²) in [5.74, 6) is -0.269. The Morgan fingerprint density at radius 1 is 1.06 bits per heavy atom. The zero-order chi connectivity index (χ0) is 24.5. The first kappa shape index (κ1) is 25.7. The third kappa shape index (κ3) is 4.95. The van der Waals surface area contributed by atoms with Crippen LogP contribution < -0.4 is 10.1 Å². The van der Waals surface area contributed by atoms with E-state index in [-0.39, 0.29) is 36.3 Å². The van der Waals surface area contributed by atoms with Gasteiger partial charge in [-0.05, 0) is 60.5 Å². The van der Waals surface area contributed by atoms with Crippen LogP contribution in [0.25, 0.3) is 10.8 Å². The number of para-hydroxylation sites is 1. The maximum Gasteiger partial charge on any atom is 0.335 e. The summed E-state index contributed by atoms with van der Waals surface area (Å²) < 4.78 is 20.6. The van der Waals surface area contributed by atoms with Gasteiger partial charge in [0.25, 0.3) is 0 Å². The molecule has 36 heavy (non-hydrogen) atoms. The SMILES string of the molecule is Cc1ccc([C@H]2C[C@H](CNC(C)c3ccc(F)c4ccccc34)Oc3ccccc32)cc1C(=O)O.Cl. The lowest BCUT2D eigenvalue weighted by Gasteiger charge is -2.33. The number of fused-ring (bicyclic) bond motifs is 2. The van der Waals surface area contributed by atoms with Crippen molar-refractivity contribution >= 4 is 29.1 Å². The number of hydrogen-bond acceptors (Lipinski definition) is 3. The Bertz CT molecular complexity index is 1410. The smallest absolute Gasteiger partial charge is 0.335 e. The van der Waals surface area contributed by atoms with Crippen molar-refractivity contribution in [1.82, 2.24) is 5.32 Å². The van der Waals surface area contributed by atoms with E-state index in [0.29, 0.717) is 17.5 Å². The molecule has 4 aromatic carbocycles. The lowest BCUT2D eigenvalue weighted by molar-refractivity contribution is 0.0696. The Kier molecular flexibility index (Phi) is 7.62. The van der Waals surface area contributed by atoms with Gasteiger partial charge < -0.3 is 15.2 Å². The van der Waals surface area contributed by atoms with Crippen LogP contribution in [-0.4, -0.2) is 23.7 Å². The van der Waals surface area contributed by atoms with Crippen molar-refractivity contribution in [3.05, 3.63) is 112 Å². The summed E-state index contributed by atoms with van der Waals surface area (Å²) in [4.78, 5) is 11.7. The predicted octanol–water partition coefficient (Wildman–Crippen LogP) is 7.04. The molecule has 1 aliphatic rings. The van der Waals surface area contributed by atoms with E-state index in [1.807, 2.05) is 61.5 Å². The van der Waals surface area contributed by atoms with Gasteiger partial charge in [-0.25, -0.2) is 9.18 Å². The highest BCUT2D eigenvalue weighted by atomic mass is 35.5. The summed E-state index contributed by atoms with van der Waals surface area (Å²) in [5, 5.41) is 14.7. The lowest BCUT2D eigenvalue weighted by Crippen LogP contribution is -2.37. The largest absolute Gasteiger partial charge is 0.489 e. The molecule has 0 radical (unpaired) electrons. The van der Waals surface area contributed by atoms with E-state index in [1.54, 1.807) is 12.1 Å². The second-order valence-electron chi connectivity index (χ2n) is 9.26. The van der Waals surface area contributed by atoms with Crippen molar-refractivity contribution in [3.63, 3.8) is 0 Å². The quantitative estimate of drug-likeness (QED) is 0.295. The van der Waals surface area contributed by atoms with Crippen LogP contribution in [0.15, 0.2) is 78.9 Å². The minimum absolute atomic E-state index is 0. The first-order chi connectivity index (χ1) is 16.9. The fraction of sp³-hybridized carbons (Fsp3) is 0.233. The molecule has 0 spiro atoms. The maximum atomic E-state index is 14.3. The van der Waals surface area contributed by atoms with Gasteiger partial charge in [-0.15, -0.1) is 12.4 Å². The molecule has 4 nitrogen and oxygen atoms in total. The average molecular weight is 506 g/mol. The van der Waals surface area contributed by atoms with Gasteiger partial charge in [0.05, 0.1) is 5.56 Å². The zero-order valence-electron chi connectivity index (χ0n) is 20.2. The Hall–Kier alpha value is -3.41. The van der Waals surface area contributed by atoms with Gasteiger partial charge in [0, 0.05) is 29.5 Å². The molecule has 0 aromatic heterocycles.